The number of benzene rings is 1. The van der Waals surface area contributed by atoms with E-state index in [1.54, 1.807) is 4.68 Å². The van der Waals surface area contributed by atoms with Crippen molar-refractivity contribution in [3.05, 3.63) is 62.4 Å². The summed E-state index contributed by atoms with van der Waals surface area (Å²) >= 11 is 0. The summed E-state index contributed by atoms with van der Waals surface area (Å²) in [6, 6.07) is 12.6. The second-order valence-corrected chi connectivity index (χ2v) is 32.1. The van der Waals surface area contributed by atoms with Gasteiger partial charge in [-0.25, -0.2) is 23.5 Å². The van der Waals surface area contributed by atoms with Gasteiger partial charge in [-0.05, 0) is 72.4 Å². The molecule has 4 rings (SSSR count). The van der Waals surface area contributed by atoms with Gasteiger partial charge in [0, 0.05) is 18.6 Å². The minimum Gasteiger partial charge on any atom is -0.416 e. The summed E-state index contributed by atoms with van der Waals surface area (Å²) in [7, 11) is -6.14. The third-order valence-electron chi connectivity index (χ3n) is 12.4. The van der Waals surface area contributed by atoms with Crippen LogP contribution in [0, 0.1) is 5.41 Å². The van der Waals surface area contributed by atoms with Gasteiger partial charge in [-0.3, -0.25) is 0 Å². The standard InChI is InChI=1S/C35H61N3O4Si3/c1-14-45(15-2,16-3)30-29-23-35(25-41-43(10,11)33(4,5)6,26-42-44(12,13)34(7,8)9)22-27(29)24-36-31(39)37(32(40)38(30)36)28-20-18-17-19-21-28/h17-21,30H,14-16,22-26H2,1-13H3. The zero-order valence-corrected chi connectivity index (χ0v) is 33.6. The first-order valence-electron chi connectivity index (χ1n) is 17.2. The highest BCUT2D eigenvalue weighted by Crippen LogP contribution is 2.53. The predicted octanol–water partition coefficient (Wildman–Crippen LogP) is 8.52. The van der Waals surface area contributed by atoms with E-state index >= 15 is 0 Å². The third kappa shape index (κ3) is 6.43. The van der Waals surface area contributed by atoms with Crippen LogP contribution in [0.1, 0.15) is 80.8 Å². The van der Waals surface area contributed by atoms with Gasteiger partial charge in [-0.15, -0.1) is 0 Å². The SMILES string of the molecule is CC[Si](CC)(CC)C1C2=C(Cn3c(=O)n(-c4ccccc4)c(=O)n31)CC(CO[Si](C)(C)C(C)(C)C)(CO[Si](C)(C)C(C)(C)C)C2. The molecule has 0 fully saturated rings. The van der Waals surface area contributed by atoms with Crippen LogP contribution in [-0.4, -0.2) is 51.9 Å². The van der Waals surface area contributed by atoms with Crippen molar-refractivity contribution in [2.24, 2.45) is 5.41 Å². The lowest BCUT2D eigenvalue weighted by Gasteiger charge is -2.44. The maximum atomic E-state index is 14.4. The normalized spacial score (nSPS) is 19.2. The number of allylic oxidation sites excluding steroid dienone is 2. The maximum Gasteiger partial charge on any atom is 0.352 e. The Hall–Kier alpha value is -1.73. The highest BCUT2D eigenvalue weighted by molar-refractivity contribution is 6.81. The van der Waals surface area contributed by atoms with E-state index in [2.05, 4.69) is 88.5 Å². The fraction of sp³-hybridized carbons (Fsp3) is 0.714. The van der Waals surface area contributed by atoms with Crippen LogP contribution in [0.25, 0.3) is 5.69 Å². The van der Waals surface area contributed by atoms with Gasteiger partial charge in [0.1, 0.15) is 0 Å². The molecule has 7 nitrogen and oxygen atoms in total. The zero-order valence-electron chi connectivity index (χ0n) is 30.6. The van der Waals surface area contributed by atoms with E-state index in [1.165, 1.54) is 15.7 Å². The number of hydrogen-bond donors (Lipinski definition) is 0. The fourth-order valence-electron chi connectivity index (χ4n) is 6.93. The average Bonchev–Trinajstić information content (AvgIpc) is 3.45. The molecule has 2 aliphatic rings. The van der Waals surface area contributed by atoms with Crippen LogP contribution in [0.2, 0.25) is 54.4 Å². The second-order valence-electron chi connectivity index (χ2n) is 17.0. The lowest BCUT2D eigenvalue weighted by atomic mass is 9.85. The maximum absolute atomic E-state index is 14.4. The van der Waals surface area contributed by atoms with E-state index in [0.29, 0.717) is 25.4 Å². The third-order valence-corrected chi connectivity index (χ3v) is 27.3. The van der Waals surface area contributed by atoms with Crippen molar-refractivity contribution >= 4 is 24.7 Å². The summed E-state index contributed by atoms with van der Waals surface area (Å²) in [4.78, 5) is 28.5. The molecule has 1 aromatic heterocycles. The first kappa shape index (κ1) is 36.1. The Labute approximate surface area is 275 Å². The van der Waals surface area contributed by atoms with Crippen LogP contribution in [0.15, 0.2) is 51.1 Å². The van der Waals surface area contributed by atoms with Gasteiger partial charge in [-0.1, -0.05) is 98.6 Å². The topological polar surface area (TPSA) is 67.4 Å². The van der Waals surface area contributed by atoms with Gasteiger partial charge >= 0.3 is 11.4 Å². The number of nitrogens with zero attached hydrogens (tertiary/aromatic N) is 3. The summed E-state index contributed by atoms with van der Waals surface area (Å²) in [5.74, 6) is 0. The largest absolute Gasteiger partial charge is 0.416 e. The van der Waals surface area contributed by atoms with Gasteiger partial charge in [0.15, 0.2) is 16.6 Å². The Balaban J connectivity index is 1.86. The number of rotatable bonds is 11. The second kappa shape index (κ2) is 12.4. The Bertz CT molecular complexity index is 1480. The highest BCUT2D eigenvalue weighted by Gasteiger charge is 2.53. The van der Waals surface area contributed by atoms with E-state index in [0.717, 1.165) is 31.0 Å². The smallest absolute Gasteiger partial charge is 0.352 e. The van der Waals surface area contributed by atoms with Crippen LogP contribution >= 0.6 is 0 Å². The summed E-state index contributed by atoms with van der Waals surface area (Å²) in [5.41, 5.74) is 2.67. The summed E-state index contributed by atoms with van der Waals surface area (Å²) in [6.45, 7) is 31.8. The molecule has 1 aromatic carbocycles. The molecule has 1 aliphatic carbocycles. The van der Waals surface area contributed by atoms with Crippen molar-refractivity contribution < 1.29 is 8.85 Å². The molecule has 2 aromatic rings. The number of fused-ring (bicyclic) bond motifs is 1. The Kier molecular flexibility index (Phi) is 9.93. The van der Waals surface area contributed by atoms with Crippen LogP contribution in [-0.2, 0) is 15.4 Å². The molecular weight excluding hydrogens is 611 g/mol. The molecule has 1 aliphatic heterocycles. The molecule has 0 radical (unpaired) electrons. The molecule has 2 heterocycles. The van der Waals surface area contributed by atoms with Gasteiger partial charge in [0.25, 0.3) is 0 Å². The van der Waals surface area contributed by atoms with Crippen LogP contribution < -0.4 is 11.4 Å². The van der Waals surface area contributed by atoms with Gasteiger partial charge in [-0.2, -0.15) is 0 Å². The number of para-hydroxylation sites is 1. The van der Waals surface area contributed by atoms with Gasteiger partial charge < -0.3 is 8.85 Å². The van der Waals surface area contributed by atoms with Crippen molar-refractivity contribution in [3.8, 4) is 5.69 Å². The number of hydrogen-bond acceptors (Lipinski definition) is 4. The van der Waals surface area contributed by atoms with Crippen molar-refractivity contribution in [2.75, 3.05) is 13.2 Å². The molecule has 10 heteroatoms. The van der Waals surface area contributed by atoms with E-state index in [-0.39, 0.29) is 32.5 Å². The summed E-state index contributed by atoms with van der Waals surface area (Å²) in [6.07, 6.45) is 1.71. The van der Waals surface area contributed by atoms with E-state index in [1.807, 2.05) is 35.0 Å². The molecule has 0 saturated carbocycles. The van der Waals surface area contributed by atoms with Crippen molar-refractivity contribution in [1.82, 2.24) is 13.9 Å². The monoisotopic (exact) mass is 671 g/mol. The molecular formula is C35H61N3O4Si3. The Morgan fingerprint density at radius 2 is 1.27 bits per heavy atom. The predicted molar refractivity (Wildman–Crippen MR) is 196 cm³/mol. The zero-order chi connectivity index (χ0) is 33.8. The average molecular weight is 672 g/mol. The first-order chi connectivity index (χ1) is 20.7. The minimum absolute atomic E-state index is 0.0472. The van der Waals surface area contributed by atoms with E-state index in [9.17, 15) is 9.59 Å². The minimum atomic E-state index is -2.07. The first-order valence-corrected chi connectivity index (χ1v) is 25.7. The number of aromatic nitrogens is 3. The molecule has 252 valence electrons. The van der Waals surface area contributed by atoms with Crippen molar-refractivity contribution in [1.29, 1.82) is 0 Å². The summed E-state index contributed by atoms with van der Waals surface area (Å²) in [5, 5.41) is 0.205. The van der Waals surface area contributed by atoms with Crippen molar-refractivity contribution in [3.63, 3.8) is 0 Å². The molecule has 0 saturated heterocycles. The molecule has 0 bridgehead atoms. The lowest BCUT2D eigenvalue weighted by molar-refractivity contribution is 0.0719. The summed E-state index contributed by atoms with van der Waals surface area (Å²) < 4.78 is 19.1. The Morgan fingerprint density at radius 1 is 0.778 bits per heavy atom. The molecule has 1 atom stereocenters. The molecule has 0 spiro atoms. The molecule has 0 amide bonds. The van der Waals surface area contributed by atoms with Gasteiger partial charge in [0.2, 0.25) is 0 Å². The van der Waals surface area contributed by atoms with E-state index < -0.39 is 24.7 Å². The van der Waals surface area contributed by atoms with Crippen LogP contribution in [0.3, 0.4) is 0 Å². The lowest BCUT2D eigenvalue weighted by Crippen LogP contribution is -2.51. The Morgan fingerprint density at radius 3 is 1.71 bits per heavy atom. The van der Waals surface area contributed by atoms with Crippen molar-refractivity contribution in [2.45, 2.75) is 142 Å². The molecule has 45 heavy (non-hydrogen) atoms. The molecule has 0 N–H and O–H groups in total. The highest BCUT2D eigenvalue weighted by atomic mass is 28.4. The van der Waals surface area contributed by atoms with E-state index in [4.69, 9.17) is 8.85 Å². The quantitative estimate of drug-likeness (QED) is 0.177. The van der Waals surface area contributed by atoms with Gasteiger partial charge in [0.05, 0.1) is 26.0 Å². The van der Waals surface area contributed by atoms with Crippen LogP contribution in [0.5, 0.6) is 0 Å². The fourth-order valence-corrected chi connectivity index (χ4v) is 13.6. The molecule has 1 unspecified atom stereocenters. The van der Waals surface area contributed by atoms with Crippen LogP contribution in [0.4, 0.5) is 0 Å².